The summed E-state index contributed by atoms with van der Waals surface area (Å²) >= 11 is 2.07. The van der Waals surface area contributed by atoms with E-state index in [0.29, 0.717) is 5.92 Å². The molecule has 1 aromatic heterocycles. The Balaban J connectivity index is 1.89. The molecule has 4 heteroatoms. The maximum atomic E-state index is 6.12. The van der Waals surface area contributed by atoms with Crippen LogP contribution in [-0.2, 0) is 6.54 Å². The topological polar surface area (TPSA) is 43.8 Å². The Morgan fingerprint density at radius 3 is 3.12 bits per heavy atom. The van der Waals surface area contributed by atoms with Gasteiger partial charge in [0.05, 0.1) is 11.9 Å². The van der Waals surface area contributed by atoms with Crippen molar-refractivity contribution in [3.05, 3.63) is 17.7 Å². The van der Waals surface area contributed by atoms with Crippen LogP contribution in [0.3, 0.4) is 0 Å². The van der Waals surface area contributed by atoms with Crippen LogP contribution < -0.4 is 5.73 Å². The Morgan fingerprint density at radius 1 is 1.38 bits per heavy atom. The van der Waals surface area contributed by atoms with Gasteiger partial charge in [-0.15, -0.1) is 0 Å². The van der Waals surface area contributed by atoms with E-state index in [2.05, 4.69) is 21.3 Å². The number of fused-ring (bicyclic) bond motifs is 1. The quantitative estimate of drug-likeness (QED) is 0.815. The predicted octanol–water partition coefficient (Wildman–Crippen LogP) is 2.29. The van der Waals surface area contributed by atoms with Crippen LogP contribution >= 0.6 is 11.8 Å². The predicted molar refractivity (Wildman–Crippen MR) is 67.7 cm³/mol. The molecule has 0 radical (unpaired) electrons. The molecule has 1 aromatic rings. The summed E-state index contributed by atoms with van der Waals surface area (Å²) in [6.07, 6.45) is 6.97. The van der Waals surface area contributed by atoms with Crippen LogP contribution in [0.4, 0.5) is 0 Å². The highest BCUT2D eigenvalue weighted by Gasteiger charge is 2.25. The molecule has 2 N–H and O–H groups in total. The number of imidazole rings is 1. The molecule has 88 valence electrons. The molecule has 16 heavy (non-hydrogen) atoms. The highest BCUT2D eigenvalue weighted by molar-refractivity contribution is 7.99. The van der Waals surface area contributed by atoms with Crippen molar-refractivity contribution in [2.45, 2.75) is 44.2 Å². The largest absolute Gasteiger partial charge is 0.330 e. The Bertz CT molecular complexity index is 368. The average molecular weight is 237 g/mol. The summed E-state index contributed by atoms with van der Waals surface area (Å²) < 4.78 is 2.39. The summed E-state index contributed by atoms with van der Waals surface area (Å²) in [5.74, 6) is 4.53. The minimum atomic E-state index is 0.214. The van der Waals surface area contributed by atoms with E-state index in [1.165, 1.54) is 42.3 Å². The summed E-state index contributed by atoms with van der Waals surface area (Å²) in [7, 11) is 0. The number of hydrogen-bond donors (Lipinski definition) is 1. The zero-order valence-electron chi connectivity index (χ0n) is 9.56. The minimum absolute atomic E-state index is 0.214. The van der Waals surface area contributed by atoms with E-state index in [1.54, 1.807) is 0 Å². The van der Waals surface area contributed by atoms with Crippen LogP contribution in [0, 0.1) is 0 Å². The van der Waals surface area contributed by atoms with Crippen molar-refractivity contribution in [3.8, 4) is 0 Å². The Labute approximate surface area is 101 Å². The fourth-order valence-electron chi connectivity index (χ4n) is 2.83. The molecule has 0 spiro atoms. The molecule has 0 amide bonds. The first-order chi connectivity index (χ1) is 7.86. The second-order valence-electron chi connectivity index (χ2n) is 4.86. The summed E-state index contributed by atoms with van der Waals surface area (Å²) in [5, 5.41) is 0. The molecule has 2 unspecified atom stereocenters. The van der Waals surface area contributed by atoms with Crippen molar-refractivity contribution in [1.29, 1.82) is 0 Å². The van der Waals surface area contributed by atoms with Gasteiger partial charge in [0.15, 0.2) is 0 Å². The smallest absolute Gasteiger partial charge is 0.112 e. The highest BCUT2D eigenvalue weighted by atomic mass is 32.2. The van der Waals surface area contributed by atoms with Crippen molar-refractivity contribution < 1.29 is 0 Å². The van der Waals surface area contributed by atoms with Crippen molar-refractivity contribution >= 4 is 11.8 Å². The van der Waals surface area contributed by atoms with Crippen LogP contribution in [0.2, 0.25) is 0 Å². The lowest BCUT2D eigenvalue weighted by Crippen LogP contribution is -2.24. The highest BCUT2D eigenvalue weighted by Crippen LogP contribution is 2.33. The third kappa shape index (κ3) is 1.78. The van der Waals surface area contributed by atoms with Crippen LogP contribution in [0.25, 0.3) is 0 Å². The molecular formula is C12H19N3S. The number of hydrogen-bond acceptors (Lipinski definition) is 3. The molecule has 2 atom stereocenters. The number of nitrogens with zero attached hydrogens (tertiary/aromatic N) is 2. The molecule has 0 aromatic carbocycles. The third-order valence-corrected chi connectivity index (χ3v) is 4.93. The Hall–Kier alpha value is -0.480. The molecular weight excluding hydrogens is 218 g/mol. The van der Waals surface area contributed by atoms with E-state index in [9.17, 15) is 0 Å². The van der Waals surface area contributed by atoms with E-state index < -0.39 is 0 Å². The first-order valence-electron chi connectivity index (χ1n) is 6.25. The van der Waals surface area contributed by atoms with E-state index in [-0.39, 0.29) is 6.04 Å². The van der Waals surface area contributed by atoms with Crippen molar-refractivity contribution in [1.82, 2.24) is 9.55 Å². The van der Waals surface area contributed by atoms with Gasteiger partial charge in [-0.3, -0.25) is 0 Å². The summed E-state index contributed by atoms with van der Waals surface area (Å²) in [4.78, 5) is 4.64. The van der Waals surface area contributed by atoms with Gasteiger partial charge in [0.25, 0.3) is 0 Å². The van der Waals surface area contributed by atoms with Gasteiger partial charge >= 0.3 is 0 Å². The fourth-order valence-corrected chi connectivity index (χ4v) is 3.97. The zero-order chi connectivity index (χ0) is 11.0. The molecule has 1 saturated heterocycles. The lowest BCUT2D eigenvalue weighted by molar-refractivity contribution is 0.439. The molecule has 2 aliphatic rings. The maximum Gasteiger partial charge on any atom is 0.112 e. The van der Waals surface area contributed by atoms with Gasteiger partial charge in [-0.25, -0.2) is 4.98 Å². The minimum Gasteiger partial charge on any atom is -0.330 e. The normalized spacial score (nSPS) is 30.1. The summed E-state index contributed by atoms with van der Waals surface area (Å²) in [5.41, 5.74) is 7.38. The third-order valence-electron chi connectivity index (χ3n) is 3.72. The van der Waals surface area contributed by atoms with Crippen LogP contribution in [0.15, 0.2) is 6.20 Å². The van der Waals surface area contributed by atoms with E-state index >= 15 is 0 Å². The molecule has 3 heterocycles. The van der Waals surface area contributed by atoms with Gasteiger partial charge in [0.2, 0.25) is 0 Å². The summed E-state index contributed by atoms with van der Waals surface area (Å²) in [6.45, 7) is 1.12. The van der Waals surface area contributed by atoms with Crippen LogP contribution in [0.1, 0.15) is 49.2 Å². The maximum absolute atomic E-state index is 6.12. The van der Waals surface area contributed by atoms with Gasteiger partial charge in [-0.1, -0.05) is 0 Å². The fraction of sp³-hybridized carbons (Fsp3) is 0.750. The lowest BCUT2D eigenvalue weighted by atomic mass is 10.0. The SMILES string of the molecule is NC1CCCn2c1cnc2C1CCCSC1. The number of aromatic nitrogens is 2. The first-order valence-corrected chi connectivity index (χ1v) is 7.40. The monoisotopic (exact) mass is 237 g/mol. The Morgan fingerprint density at radius 2 is 2.31 bits per heavy atom. The van der Waals surface area contributed by atoms with Gasteiger partial charge in [-0.2, -0.15) is 11.8 Å². The molecule has 0 bridgehead atoms. The van der Waals surface area contributed by atoms with Crippen LogP contribution in [-0.4, -0.2) is 21.1 Å². The van der Waals surface area contributed by atoms with Crippen LogP contribution in [0.5, 0.6) is 0 Å². The number of rotatable bonds is 1. The zero-order valence-corrected chi connectivity index (χ0v) is 10.4. The first kappa shape index (κ1) is 10.7. The van der Waals surface area contributed by atoms with Gasteiger partial charge in [0, 0.05) is 24.3 Å². The van der Waals surface area contributed by atoms with Crippen molar-refractivity contribution in [3.63, 3.8) is 0 Å². The standard InChI is InChI=1S/C12H19N3S/c13-10-4-1-5-15-11(10)7-14-12(15)9-3-2-6-16-8-9/h7,9-10H,1-6,8,13H2. The van der Waals surface area contributed by atoms with Gasteiger partial charge in [-0.05, 0) is 31.4 Å². The van der Waals surface area contributed by atoms with Gasteiger partial charge in [0.1, 0.15) is 5.82 Å². The molecule has 3 nitrogen and oxygen atoms in total. The van der Waals surface area contributed by atoms with Gasteiger partial charge < -0.3 is 10.3 Å². The van der Waals surface area contributed by atoms with E-state index in [4.69, 9.17) is 5.73 Å². The molecule has 3 rings (SSSR count). The average Bonchev–Trinajstić information content (AvgIpc) is 2.75. The summed E-state index contributed by atoms with van der Waals surface area (Å²) in [6, 6.07) is 0.214. The molecule has 1 fully saturated rings. The molecule has 0 saturated carbocycles. The second kappa shape index (κ2) is 4.41. The molecule has 0 aliphatic carbocycles. The van der Waals surface area contributed by atoms with Crippen molar-refractivity contribution in [2.24, 2.45) is 5.73 Å². The Kier molecular flexibility index (Phi) is 2.94. The lowest BCUT2D eigenvalue weighted by Gasteiger charge is -2.26. The van der Waals surface area contributed by atoms with E-state index in [1.807, 2.05) is 6.20 Å². The molecule has 2 aliphatic heterocycles. The second-order valence-corrected chi connectivity index (χ2v) is 6.01. The number of nitrogens with two attached hydrogens (primary N) is 1. The van der Waals surface area contributed by atoms with E-state index in [0.717, 1.165) is 13.0 Å². The van der Waals surface area contributed by atoms with Crippen molar-refractivity contribution in [2.75, 3.05) is 11.5 Å². The number of thioether (sulfide) groups is 1.